The summed E-state index contributed by atoms with van der Waals surface area (Å²) in [5.41, 5.74) is 6.68. The highest BCUT2D eigenvalue weighted by atomic mass is 16.5. The second kappa shape index (κ2) is 5.77. The third kappa shape index (κ3) is 2.43. The summed E-state index contributed by atoms with van der Waals surface area (Å²) in [6.45, 7) is 0.540. The van der Waals surface area contributed by atoms with E-state index in [4.69, 9.17) is 9.15 Å². The molecule has 1 aromatic heterocycles. The predicted octanol–water partition coefficient (Wildman–Crippen LogP) is 4.60. The second-order valence-electron chi connectivity index (χ2n) is 6.27. The fourth-order valence-corrected chi connectivity index (χ4v) is 3.41. The second-order valence-corrected chi connectivity index (χ2v) is 6.27. The topological polar surface area (TPSA) is 55.2 Å². The Balaban J connectivity index is 1.75. The molecule has 4 nitrogen and oxygen atoms in total. The first-order valence-corrected chi connectivity index (χ1v) is 8.43. The molecule has 4 heteroatoms. The van der Waals surface area contributed by atoms with E-state index in [0.29, 0.717) is 17.7 Å². The zero-order chi connectivity index (χ0) is 17.5. The first-order chi connectivity index (χ1) is 12.8. The van der Waals surface area contributed by atoms with E-state index < -0.39 is 5.76 Å². The smallest absolute Gasteiger partial charge is 0.417 e. The number of aromatic amines is 1. The average Bonchev–Trinajstić information content (AvgIpc) is 2.96. The summed E-state index contributed by atoms with van der Waals surface area (Å²) in [5.74, 6) is 0.427. The zero-order valence-electron chi connectivity index (χ0n) is 13.9. The van der Waals surface area contributed by atoms with E-state index in [1.165, 1.54) is 0 Å². The number of hydrogen-bond donors (Lipinski definition) is 1. The molecule has 26 heavy (non-hydrogen) atoms. The van der Waals surface area contributed by atoms with Crippen molar-refractivity contribution >= 4 is 22.7 Å². The van der Waals surface area contributed by atoms with Crippen molar-refractivity contribution in [2.24, 2.45) is 0 Å². The van der Waals surface area contributed by atoms with Crippen molar-refractivity contribution in [3.63, 3.8) is 0 Å². The van der Waals surface area contributed by atoms with Gasteiger partial charge in [-0.2, -0.15) is 0 Å². The Morgan fingerprint density at radius 1 is 0.923 bits per heavy atom. The van der Waals surface area contributed by atoms with Gasteiger partial charge in [-0.3, -0.25) is 4.98 Å². The number of fused-ring (bicyclic) bond motifs is 3. The lowest BCUT2D eigenvalue weighted by Crippen LogP contribution is -1.94. The quantitative estimate of drug-likeness (QED) is 0.550. The maximum Gasteiger partial charge on any atom is 0.417 e. The lowest BCUT2D eigenvalue weighted by Gasteiger charge is -2.10. The molecular formula is C22H15NO3. The van der Waals surface area contributed by atoms with Crippen molar-refractivity contribution in [2.75, 3.05) is 0 Å². The average molecular weight is 341 g/mol. The predicted molar refractivity (Wildman–Crippen MR) is 101 cm³/mol. The van der Waals surface area contributed by atoms with Gasteiger partial charge in [0.1, 0.15) is 12.4 Å². The first-order valence-electron chi connectivity index (χ1n) is 8.43. The molecule has 0 unspecified atom stereocenters. The Morgan fingerprint density at radius 3 is 2.65 bits per heavy atom. The van der Waals surface area contributed by atoms with Crippen LogP contribution in [0.5, 0.6) is 5.75 Å². The van der Waals surface area contributed by atoms with Crippen molar-refractivity contribution in [2.45, 2.75) is 6.61 Å². The van der Waals surface area contributed by atoms with Gasteiger partial charge in [0.25, 0.3) is 0 Å². The van der Waals surface area contributed by atoms with Crippen molar-refractivity contribution in [1.29, 1.82) is 0 Å². The Hall–Kier alpha value is -3.53. The molecule has 3 aromatic carbocycles. The third-order valence-corrected chi connectivity index (χ3v) is 4.62. The molecule has 1 N–H and O–H groups in total. The lowest BCUT2D eigenvalue weighted by molar-refractivity contribution is 0.307. The number of hydrogen-bond acceptors (Lipinski definition) is 3. The van der Waals surface area contributed by atoms with Crippen LogP contribution in [0.2, 0.25) is 0 Å². The molecular weight excluding hydrogens is 326 g/mol. The van der Waals surface area contributed by atoms with Gasteiger partial charge in [-0.05, 0) is 46.5 Å². The summed E-state index contributed by atoms with van der Waals surface area (Å²) >= 11 is 0. The number of rotatable bonds is 1. The highest BCUT2D eigenvalue weighted by molar-refractivity contribution is 5.95. The van der Waals surface area contributed by atoms with Crippen LogP contribution in [0.1, 0.15) is 22.3 Å². The Morgan fingerprint density at radius 2 is 1.73 bits per heavy atom. The van der Waals surface area contributed by atoms with Crippen LogP contribution >= 0.6 is 0 Å². The van der Waals surface area contributed by atoms with Gasteiger partial charge in [-0.15, -0.1) is 0 Å². The molecule has 1 aliphatic heterocycles. The number of nitrogens with one attached hydrogen (secondary N) is 1. The minimum absolute atomic E-state index is 0.441. The third-order valence-electron chi connectivity index (χ3n) is 4.62. The van der Waals surface area contributed by atoms with Crippen molar-refractivity contribution in [3.8, 4) is 5.75 Å². The van der Waals surface area contributed by atoms with Crippen LogP contribution in [0.15, 0.2) is 75.9 Å². The van der Waals surface area contributed by atoms with Crippen molar-refractivity contribution in [3.05, 3.63) is 99.5 Å². The van der Waals surface area contributed by atoms with E-state index in [1.54, 1.807) is 0 Å². The normalized spacial score (nSPS) is 14.5. The van der Waals surface area contributed by atoms with Crippen LogP contribution < -0.4 is 10.5 Å². The number of aromatic nitrogens is 1. The summed E-state index contributed by atoms with van der Waals surface area (Å²) in [7, 11) is 0. The molecule has 0 saturated heterocycles. The molecule has 0 amide bonds. The van der Waals surface area contributed by atoms with E-state index >= 15 is 0 Å². The molecule has 5 rings (SSSR count). The fourth-order valence-electron chi connectivity index (χ4n) is 3.41. The Bertz CT molecular complexity index is 1160. The van der Waals surface area contributed by atoms with Gasteiger partial charge in [0.05, 0.1) is 5.52 Å². The lowest BCUT2D eigenvalue weighted by atomic mass is 9.92. The highest BCUT2D eigenvalue weighted by Gasteiger charge is 2.18. The van der Waals surface area contributed by atoms with Crippen LogP contribution in [0.25, 0.3) is 22.7 Å². The SMILES string of the molecule is O=c1[nH]c2cc(/C=C3\c4ccccc4COc4ccccc43)ccc2o1. The van der Waals surface area contributed by atoms with Crippen LogP contribution in [-0.4, -0.2) is 4.98 Å². The molecule has 4 aromatic rings. The van der Waals surface area contributed by atoms with Crippen LogP contribution in [0, 0.1) is 0 Å². The van der Waals surface area contributed by atoms with Gasteiger partial charge in [0.2, 0.25) is 0 Å². The number of oxazole rings is 1. The van der Waals surface area contributed by atoms with Gasteiger partial charge < -0.3 is 9.15 Å². The van der Waals surface area contributed by atoms with Crippen LogP contribution in [0.4, 0.5) is 0 Å². The van der Waals surface area contributed by atoms with Gasteiger partial charge >= 0.3 is 5.76 Å². The molecule has 126 valence electrons. The number of para-hydroxylation sites is 1. The van der Waals surface area contributed by atoms with E-state index in [9.17, 15) is 4.79 Å². The van der Waals surface area contributed by atoms with Crippen molar-refractivity contribution < 1.29 is 9.15 Å². The van der Waals surface area contributed by atoms with E-state index in [0.717, 1.165) is 33.6 Å². The maximum absolute atomic E-state index is 11.4. The van der Waals surface area contributed by atoms with Crippen LogP contribution in [0.3, 0.4) is 0 Å². The van der Waals surface area contributed by atoms with Crippen LogP contribution in [-0.2, 0) is 6.61 Å². The summed E-state index contributed by atoms with van der Waals surface area (Å²) in [6, 6.07) is 22.0. The molecule has 0 radical (unpaired) electrons. The summed E-state index contributed by atoms with van der Waals surface area (Å²) in [6.07, 6.45) is 2.12. The fraction of sp³-hybridized carbons (Fsp3) is 0.0455. The van der Waals surface area contributed by atoms with E-state index in [1.807, 2.05) is 48.5 Å². The van der Waals surface area contributed by atoms with Gasteiger partial charge in [-0.1, -0.05) is 48.5 Å². The maximum atomic E-state index is 11.4. The Labute approximate surface area is 149 Å². The summed E-state index contributed by atoms with van der Waals surface area (Å²) in [5, 5.41) is 0. The van der Waals surface area contributed by atoms with Gasteiger partial charge in [-0.25, -0.2) is 4.79 Å². The number of benzene rings is 3. The molecule has 2 heterocycles. The monoisotopic (exact) mass is 341 g/mol. The van der Waals surface area contributed by atoms with E-state index in [2.05, 4.69) is 29.3 Å². The number of ether oxygens (including phenoxy) is 1. The summed E-state index contributed by atoms with van der Waals surface area (Å²) < 4.78 is 11.1. The molecule has 0 aliphatic carbocycles. The molecule has 0 bridgehead atoms. The minimum Gasteiger partial charge on any atom is -0.488 e. The molecule has 0 atom stereocenters. The largest absolute Gasteiger partial charge is 0.488 e. The van der Waals surface area contributed by atoms with Crippen molar-refractivity contribution in [1.82, 2.24) is 4.98 Å². The molecule has 0 saturated carbocycles. The summed E-state index contributed by atoms with van der Waals surface area (Å²) in [4.78, 5) is 14.1. The minimum atomic E-state index is -0.441. The van der Waals surface area contributed by atoms with Gasteiger partial charge in [0, 0.05) is 5.56 Å². The standard InChI is InChI=1S/C22H15NO3/c24-22-23-19-12-14(9-10-21(19)26-22)11-18-16-6-2-1-5-15(16)13-25-20-8-4-3-7-17(18)20/h1-12H,13H2,(H,23,24)/b18-11+. The zero-order valence-corrected chi connectivity index (χ0v) is 13.9. The molecule has 0 spiro atoms. The molecule has 1 aliphatic rings. The number of H-pyrrole nitrogens is 1. The first kappa shape index (κ1) is 14.8. The van der Waals surface area contributed by atoms with Gasteiger partial charge in [0.15, 0.2) is 5.58 Å². The molecule has 0 fully saturated rings. The van der Waals surface area contributed by atoms with E-state index in [-0.39, 0.29) is 0 Å². The Kier molecular flexibility index (Phi) is 3.28. The highest BCUT2D eigenvalue weighted by Crippen LogP contribution is 2.37.